The molecule has 116 valence electrons. The van der Waals surface area contributed by atoms with Crippen molar-refractivity contribution in [1.29, 1.82) is 0 Å². The van der Waals surface area contributed by atoms with Crippen molar-refractivity contribution in [3.63, 3.8) is 0 Å². The molecule has 1 fully saturated rings. The predicted molar refractivity (Wildman–Crippen MR) is 85.0 cm³/mol. The van der Waals surface area contributed by atoms with Gasteiger partial charge in [0.25, 0.3) is 0 Å². The molecule has 0 aromatic heterocycles. The number of aliphatic imine (C=N–C) groups is 1. The molecule has 1 saturated heterocycles. The average Bonchev–Trinajstić information content (AvgIpc) is 2.49. The minimum Gasteiger partial charge on any atom is -0.497 e. The van der Waals surface area contributed by atoms with E-state index < -0.39 is 0 Å². The van der Waals surface area contributed by atoms with Crippen LogP contribution in [-0.2, 0) is 11.2 Å². The highest BCUT2D eigenvalue weighted by Crippen LogP contribution is 2.24. The zero-order chi connectivity index (χ0) is 15.1. The van der Waals surface area contributed by atoms with E-state index in [9.17, 15) is 0 Å². The number of hydrogen-bond acceptors (Lipinski definition) is 3. The molecular weight excluding hydrogens is 266 g/mol. The van der Waals surface area contributed by atoms with E-state index in [0.717, 1.165) is 44.4 Å². The SMILES string of the molecule is CN=C(NCCc1ccc(OC)cc1)NCC1(C)COC1. The number of benzene rings is 1. The van der Waals surface area contributed by atoms with Gasteiger partial charge in [0.1, 0.15) is 5.75 Å². The number of rotatable bonds is 6. The molecule has 2 rings (SSSR count). The van der Waals surface area contributed by atoms with Crippen LogP contribution in [0.5, 0.6) is 5.75 Å². The third kappa shape index (κ3) is 4.63. The third-order valence-corrected chi connectivity index (χ3v) is 3.67. The van der Waals surface area contributed by atoms with Gasteiger partial charge >= 0.3 is 0 Å². The fraction of sp³-hybridized carbons (Fsp3) is 0.562. The molecule has 1 aliphatic rings. The molecule has 2 N–H and O–H groups in total. The fourth-order valence-electron chi connectivity index (χ4n) is 2.19. The third-order valence-electron chi connectivity index (χ3n) is 3.67. The molecule has 0 saturated carbocycles. The van der Waals surface area contributed by atoms with E-state index in [1.54, 1.807) is 14.2 Å². The second-order valence-electron chi connectivity index (χ2n) is 5.75. The van der Waals surface area contributed by atoms with Crippen molar-refractivity contribution in [2.24, 2.45) is 10.4 Å². The fourth-order valence-corrected chi connectivity index (χ4v) is 2.19. The smallest absolute Gasteiger partial charge is 0.191 e. The lowest BCUT2D eigenvalue weighted by molar-refractivity contribution is -0.0971. The van der Waals surface area contributed by atoms with E-state index >= 15 is 0 Å². The summed E-state index contributed by atoms with van der Waals surface area (Å²) in [6.45, 7) is 5.59. The van der Waals surface area contributed by atoms with Crippen LogP contribution in [0.1, 0.15) is 12.5 Å². The largest absolute Gasteiger partial charge is 0.497 e. The van der Waals surface area contributed by atoms with Crippen LogP contribution >= 0.6 is 0 Å². The Hall–Kier alpha value is -1.75. The Kier molecular flexibility index (Phi) is 5.44. The van der Waals surface area contributed by atoms with Gasteiger partial charge in [-0.2, -0.15) is 0 Å². The van der Waals surface area contributed by atoms with Crippen LogP contribution < -0.4 is 15.4 Å². The Balaban J connectivity index is 1.70. The molecule has 21 heavy (non-hydrogen) atoms. The lowest BCUT2D eigenvalue weighted by atomic mass is 9.89. The highest BCUT2D eigenvalue weighted by molar-refractivity contribution is 5.79. The molecule has 1 aromatic carbocycles. The number of nitrogens with one attached hydrogen (secondary N) is 2. The summed E-state index contributed by atoms with van der Waals surface area (Å²) < 4.78 is 10.4. The first-order valence-electron chi connectivity index (χ1n) is 7.30. The van der Waals surface area contributed by atoms with Gasteiger partial charge in [-0.15, -0.1) is 0 Å². The summed E-state index contributed by atoms with van der Waals surface area (Å²) >= 11 is 0. The zero-order valence-corrected chi connectivity index (χ0v) is 13.1. The maximum absolute atomic E-state index is 5.25. The molecule has 0 unspecified atom stereocenters. The van der Waals surface area contributed by atoms with Crippen LogP contribution in [0.15, 0.2) is 29.3 Å². The van der Waals surface area contributed by atoms with E-state index in [4.69, 9.17) is 9.47 Å². The van der Waals surface area contributed by atoms with Crippen LogP contribution in [0, 0.1) is 5.41 Å². The first kappa shape index (κ1) is 15.6. The molecule has 5 nitrogen and oxygen atoms in total. The van der Waals surface area contributed by atoms with Crippen LogP contribution in [0.3, 0.4) is 0 Å². The van der Waals surface area contributed by atoms with E-state index in [2.05, 4.69) is 34.7 Å². The molecule has 0 bridgehead atoms. The maximum Gasteiger partial charge on any atom is 0.191 e. The second-order valence-corrected chi connectivity index (χ2v) is 5.75. The second kappa shape index (κ2) is 7.31. The van der Waals surface area contributed by atoms with Crippen LogP contribution in [0.2, 0.25) is 0 Å². The highest BCUT2D eigenvalue weighted by atomic mass is 16.5. The minimum absolute atomic E-state index is 0.244. The normalized spacial score (nSPS) is 17.0. The van der Waals surface area contributed by atoms with Crippen molar-refractivity contribution in [1.82, 2.24) is 10.6 Å². The lowest BCUT2D eigenvalue weighted by Crippen LogP contribution is -2.51. The predicted octanol–water partition coefficient (Wildman–Crippen LogP) is 1.44. The standard InChI is InChI=1S/C16H25N3O2/c1-16(11-21-12-16)10-19-15(17-2)18-9-8-13-4-6-14(20-3)7-5-13/h4-7H,8-12H2,1-3H3,(H2,17,18,19). The molecule has 0 atom stereocenters. The van der Waals surface area contributed by atoms with Crippen molar-refractivity contribution in [3.8, 4) is 5.75 Å². The van der Waals surface area contributed by atoms with Crippen molar-refractivity contribution < 1.29 is 9.47 Å². The van der Waals surface area contributed by atoms with E-state index in [1.807, 2.05) is 12.1 Å². The Labute approximate surface area is 126 Å². The van der Waals surface area contributed by atoms with Gasteiger partial charge in [-0.05, 0) is 24.1 Å². The summed E-state index contributed by atoms with van der Waals surface area (Å²) in [6, 6.07) is 8.15. The van der Waals surface area contributed by atoms with Gasteiger partial charge in [0, 0.05) is 25.6 Å². The zero-order valence-electron chi connectivity index (χ0n) is 13.1. The Bertz CT molecular complexity index is 467. The van der Waals surface area contributed by atoms with Crippen molar-refractivity contribution in [2.45, 2.75) is 13.3 Å². The maximum atomic E-state index is 5.25. The van der Waals surface area contributed by atoms with Gasteiger partial charge in [0.15, 0.2) is 5.96 Å². The molecule has 5 heteroatoms. The van der Waals surface area contributed by atoms with Gasteiger partial charge in [0.05, 0.1) is 20.3 Å². The van der Waals surface area contributed by atoms with Gasteiger partial charge in [-0.1, -0.05) is 19.1 Å². The van der Waals surface area contributed by atoms with Crippen LogP contribution in [0.4, 0.5) is 0 Å². The summed E-state index contributed by atoms with van der Waals surface area (Å²) in [6.07, 6.45) is 0.949. The Morgan fingerprint density at radius 3 is 2.52 bits per heavy atom. The van der Waals surface area contributed by atoms with E-state index in [-0.39, 0.29) is 5.41 Å². The first-order chi connectivity index (χ1) is 10.1. The molecule has 0 spiro atoms. The van der Waals surface area contributed by atoms with Gasteiger partial charge in [-0.3, -0.25) is 4.99 Å². The molecule has 1 aromatic rings. The van der Waals surface area contributed by atoms with Crippen LogP contribution in [-0.4, -0.2) is 46.4 Å². The lowest BCUT2D eigenvalue weighted by Gasteiger charge is -2.38. The van der Waals surface area contributed by atoms with Crippen molar-refractivity contribution >= 4 is 5.96 Å². The minimum atomic E-state index is 0.244. The number of hydrogen-bond donors (Lipinski definition) is 2. The summed E-state index contributed by atoms with van der Waals surface area (Å²) in [4.78, 5) is 4.24. The molecule has 0 amide bonds. The summed E-state index contributed by atoms with van der Waals surface area (Å²) in [7, 11) is 3.47. The number of guanidine groups is 1. The van der Waals surface area contributed by atoms with E-state index in [1.165, 1.54) is 5.56 Å². The van der Waals surface area contributed by atoms with Gasteiger partial charge in [-0.25, -0.2) is 0 Å². The summed E-state index contributed by atoms with van der Waals surface area (Å²) in [5.41, 5.74) is 1.52. The molecule has 1 aliphatic heterocycles. The average molecular weight is 291 g/mol. The molecule has 0 radical (unpaired) electrons. The molecule has 1 heterocycles. The monoisotopic (exact) mass is 291 g/mol. The van der Waals surface area contributed by atoms with Gasteiger partial charge in [0.2, 0.25) is 0 Å². The van der Waals surface area contributed by atoms with E-state index in [0.29, 0.717) is 0 Å². The first-order valence-corrected chi connectivity index (χ1v) is 7.30. The van der Waals surface area contributed by atoms with Crippen LogP contribution in [0.25, 0.3) is 0 Å². The Morgan fingerprint density at radius 1 is 1.29 bits per heavy atom. The van der Waals surface area contributed by atoms with Gasteiger partial charge < -0.3 is 20.1 Å². The quantitative estimate of drug-likeness (QED) is 0.615. The Morgan fingerprint density at radius 2 is 2.00 bits per heavy atom. The highest BCUT2D eigenvalue weighted by Gasteiger charge is 2.33. The summed E-state index contributed by atoms with van der Waals surface area (Å²) in [5, 5.41) is 6.69. The summed E-state index contributed by atoms with van der Waals surface area (Å²) in [5.74, 6) is 1.73. The topological polar surface area (TPSA) is 54.9 Å². The number of ether oxygens (including phenoxy) is 2. The molecular formula is C16H25N3O2. The van der Waals surface area contributed by atoms with Crippen molar-refractivity contribution in [2.75, 3.05) is 40.5 Å². The molecule has 0 aliphatic carbocycles. The van der Waals surface area contributed by atoms with Crippen molar-refractivity contribution in [3.05, 3.63) is 29.8 Å². The number of nitrogens with zero attached hydrogens (tertiary/aromatic N) is 1. The number of methoxy groups -OCH3 is 1.